The van der Waals surface area contributed by atoms with Gasteiger partial charge in [0.15, 0.2) is 0 Å². The van der Waals surface area contributed by atoms with Crippen LogP contribution in [-0.4, -0.2) is 79.8 Å². The van der Waals surface area contributed by atoms with Gasteiger partial charge in [0.1, 0.15) is 18.5 Å². The van der Waals surface area contributed by atoms with Crippen molar-refractivity contribution in [3.63, 3.8) is 0 Å². The molecule has 0 bridgehead atoms. The monoisotopic (exact) mass is 523 g/mol. The van der Waals surface area contributed by atoms with Crippen LogP contribution in [-0.2, 0) is 26.0 Å². The van der Waals surface area contributed by atoms with Crippen molar-refractivity contribution < 1.29 is 23.1 Å². The van der Waals surface area contributed by atoms with Gasteiger partial charge in [0.25, 0.3) is 0 Å². The Hall–Kier alpha value is -3.80. The predicted molar refractivity (Wildman–Crippen MR) is 139 cm³/mol. The Labute approximate surface area is 215 Å². The lowest BCUT2D eigenvalue weighted by Crippen LogP contribution is -2.56. The first-order valence-electron chi connectivity index (χ1n) is 11.8. The highest BCUT2D eigenvalue weighted by atomic mass is 32.2. The molecule has 37 heavy (non-hydrogen) atoms. The number of carbonyl (C=O) groups is 2. The number of piperazine rings is 1. The molecule has 1 saturated heterocycles. The van der Waals surface area contributed by atoms with Gasteiger partial charge < -0.3 is 20.6 Å². The van der Waals surface area contributed by atoms with E-state index in [1.54, 1.807) is 36.4 Å². The molecule has 1 aliphatic heterocycles. The molecule has 11 heteroatoms. The van der Waals surface area contributed by atoms with Gasteiger partial charge in [0, 0.05) is 31.7 Å². The number of amides is 2. The number of amidine groups is 1. The van der Waals surface area contributed by atoms with Crippen molar-refractivity contribution in [2.45, 2.75) is 17.4 Å². The van der Waals surface area contributed by atoms with Crippen molar-refractivity contribution in [3.8, 4) is 0 Å². The van der Waals surface area contributed by atoms with Gasteiger partial charge in [-0.1, -0.05) is 48.5 Å². The Kier molecular flexibility index (Phi) is 7.86. The molecule has 10 nitrogen and oxygen atoms in total. The second kappa shape index (κ2) is 11.1. The van der Waals surface area contributed by atoms with Gasteiger partial charge in [0.05, 0.1) is 4.90 Å². The summed E-state index contributed by atoms with van der Waals surface area (Å²) >= 11 is 0. The summed E-state index contributed by atoms with van der Waals surface area (Å²) in [4.78, 5) is 28.4. The van der Waals surface area contributed by atoms with Gasteiger partial charge in [-0.15, -0.1) is 0 Å². The van der Waals surface area contributed by atoms with Crippen LogP contribution in [0, 0.1) is 5.41 Å². The maximum atomic E-state index is 13.6. The van der Waals surface area contributed by atoms with Crippen LogP contribution < -0.4 is 10.5 Å². The van der Waals surface area contributed by atoms with E-state index in [1.807, 2.05) is 24.3 Å². The standard InChI is InChI=1S/C26H29N5O5S/c27-25(28)21-7-3-4-18(14-21)15-23(26(34)31-12-10-30(11-13-31)24(33)17-32)29-37(35,36)22-9-8-19-5-1-2-6-20(19)16-22/h1-9,14,16,23,29,32H,10-13,15,17H2,(H3,27,28). The first-order chi connectivity index (χ1) is 17.7. The van der Waals surface area contributed by atoms with Gasteiger partial charge in [-0.2, -0.15) is 4.72 Å². The first-order valence-corrected chi connectivity index (χ1v) is 13.3. The summed E-state index contributed by atoms with van der Waals surface area (Å²) in [6, 6.07) is 17.8. The zero-order valence-corrected chi connectivity index (χ0v) is 20.9. The third-order valence-corrected chi connectivity index (χ3v) is 7.85. The summed E-state index contributed by atoms with van der Waals surface area (Å²) in [6.45, 7) is 0.317. The second-order valence-corrected chi connectivity index (χ2v) is 10.6. The van der Waals surface area contributed by atoms with Gasteiger partial charge in [-0.05, 0) is 41.0 Å². The summed E-state index contributed by atoms with van der Waals surface area (Å²) in [7, 11) is -4.07. The Morgan fingerprint density at radius 3 is 2.30 bits per heavy atom. The number of nitrogens with one attached hydrogen (secondary N) is 2. The normalized spacial score (nSPS) is 14.9. The molecule has 0 spiro atoms. The topological polar surface area (TPSA) is 157 Å². The second-order valence-electron chi connectivity index (χ2n) is 8.87. The highest BCUT2D eigenvalue weighted by Gasteiger charge is 2.32. The average molecular weight is 524 g/mol. The molecule has 1 atom stereocenters. The molecule has 1 aliphatic rings. The van der Waals surface area contributed by atoms with Crippen molar-refractivity contribution in [2.24, 2.45) is 5.73 Å². The Morgan fingerprint density at radius 1 is 0.946 bits per heavy atom. The van der Waals surface area contributed by atoms with Crippen LogP contribution in [0.3, 0.4) is 0 Å². The molecule has 1 heterocycles. The summed E-state index contributed by atoms with van der Waals surface area (Å²) in [5.74, 6) is -0.971. The van der Waals surface area contributed by atoms with Crippen LogP contribution in [0.4, 0.5) is 0 Å². The van der Waals surface area contributed by atoms with Crippen molar-refractivity contribution in [3.05, 3.63) is 77.9 Å². The van der Waals surface area contributed by atoms with Crippen LogP contribution in [0.2, 0.25) is 0 Å². The molecule has 3 aromatic carbocycles. The van der Waals surface area contributed by atoms with Crippen LogP contribution in [0.1, 0.15) is 11.1 Å². The molecule has 4 rings (SSSR count). The molecule has 0 saturated carbocycles. The van der Waals surface area contributed by atoms with Gasteiger partial charge in [0.2, 0.25) is 21.8 Å². The average Bonchev–Trinajstić information content (AvgIpc) is 2.91. The number of benzene rings is 3. The highest BCUT2D eigenvalue weighted by Crippen LogP contribution is 2.20. The van der Waals surface area contributed by atoms with Gasteiger partial charge in [-0.25, -0.2) is 8.42 Å². The number of fused-ring (bicyclic) bond motifs is 1. The first kappa shape index (κ1) is 26.3. The number of hydrogen-bond acceptors (Lipinski definition) is 6. The summed E-state index contributed by atoms with van der Waals surface area (Å²) in [5, 5.41) is 18.4. The Bertz CT molecular complexity index is 1430. The fourth-order valence-corrected chi connectivity index (χ4v) is 5.59. The number of aliphatic hydroxyl groups excluding tert-OH is 1. The fraction of sp³-hybridized carbons (Fsp3) is 0.269. The van der Waals surface area contributed by atoms with Crippen LogP contribution in [0.5, 0.6) is 0 Å². The lowest BCUT2D eigenvalue weighted by Gasteiger charge is -2.36. The highest BCUT2D eigenvalue weighted by molar-refractivity contribution is 7.89. The van der Waals surface area contributed by atoms with Crippen LogP contribution >= 0.6 is 0 Å². The summed E-state index contributed by atoms with van der Waals surface area (Å²) < 4.78 is 29.4. The number of hydrogen-bond donors (Lipinski definition) is 4. The van der Waals surface area contributed by atoms with Crippen molar-refractivity contribution in [1.82, 2.24) is 14.5 Å². The maximum absolute atomic E-state index is 13.6. The largest absolute Gasteiger partial charge is 0.387 e. The molecule has 2 amide bonds. The molecule has 0 aliphatic carbocycles. The van der Waals surface area contributed by atoms with Crippen LogP contribution in [0.15, 0.2) is 71.6 Å². The van der Waals surface area contributed by atoms with E-state index in [9.17, 15) is 18.0 Å². The van der Waals surface area contributed by atoms with E-state index < -0.39 is 34.5 Å². The molecule has 0 aromatic heterocycles. The zero-order valence-electron chi connectivity index (χ0n) is 20.1. The van der Waals surface area contributed by atoms with E-state index in [0.29, 0.717) is 11.1 Å². The summed E-state index contributed by atoms with van der Waals surface area (Å²) in [5.41, 5.74) is 6.72. The number of rotatable bonds is 8. The van der Waals surface area contributed by atoms with Crippen molar-refractivity contribution >= 4 is 38.4 Å². The minimum Gasteiger partial charge on any atom is -0.387 e. The van der Waals surface area contributed by atoms with E-state index in [1.165, 1.54) is 15.9 Å². The van der Waals surface area contributed by atoms with Crippen LogP contribution in [0.25, 0.3) is 10.8 Å². The number of sulfonamides is 1. The molecule has 1 fully saturated rings. The molecular formula is C26H29N5O5S. The van der Waals surface area contributed by atoms with E-state index in [0.717, 1.165) is 10.8 Å². The lowest BCUT2D eigenvalue weighted by molar-refractivity contribution is -0.142. The number of nitrogens with two attached hydrogens (primary N) is 1. The fourth-order valence-electron chi connectivity index (χ4n) is 4.37. The molecule has 194 valence electrons. The molecule has 1 unspecified atom stereocenters. The van der Waals surface area contributed by atoms with E-state index in [4.69, 9.17) is 16.2 Å². The third kappa shape index (κ3) is 6.13. The minimum absolute atomic E-state index is 0.0415. The van der Waals surface area contributed by atoms with E-state index in [2.05, 4.69) is 4.72 Å². The molecule has 0 radical (unpaired) electrons. The predicted octanol–water partition coefficient (Wildman–Crippen LogP) is 0.677. The molecule has 5 N–H and O–H groups in total. The van der Waals surface area contributed by atoms with E-state index >= 15 is 0 Å². The Balaban J connectivity index is 1.61. The van der Waals surface area contributed by atoms with Crippen molar-refractivity contribution in [1.29, 1.82) is 5.41 Å². The molecular weight excluding hydrogens is 494 g/mol. The van der Waals surface area contributed by atoms with Crippen molar-refractivity contribution in [2.75, 3.05) is 32.8 Å². The lowest BCUT2D eigenvalue weighted by atomic mass is 10.0. The number of aliphatic hydroxyl groups is 1. The number of carbonyl (C=O) groups excluding carboxylic acids is 2. The zero-order chi connectivity index (χ0) is 26.6. The SMILES string of the molecule is N=C(N)c1cccc(CC(NS(=O)(=O)c2ccc3ccccc3c2)C(=O)N2CCN(C(=O)CO)CC2)c1. The Morgan fingerprint density at radius 2 is 1.62 bits per heavy atom. The minimum atomic E-state index is -4.07. The third-order valence-electron chi connectivity index (χ3n) is 6.38. The number of nitrogens with zero attached hydrogens (tertiary/aromatic N) is 2. The van der Waals surface area contributed by atoms with Gasteiger partial charge >= 0.3 is 0 Å². The van der Waals surface area contributed by atoms with Gasteiger partial charge in [-0.3, -0.25) is 15.0 Å². The van der Waals surface area contributed by atoms with E-state index in [-0.39, 0.29) is 43.3 Å². The quantitative estimate of drug-likeness (QED) is 0.251. The number of nitrogen functional groups attached to an aromatic ring is 1. The summed E-state index contributed by atoms with van der Waals surface area (Å²) in [6.07, 6.45) is 0.0442. The maximum Gasteiger partial charge on any atom is 0.248 e. The molecule has 3 aromatic rings. The smallest absolute Gasteiger partial charge is 0.248 e.